The summed E-state index contributed by atoms with van der Waals surface area (Å²) < 4.78 is 5.66. The third-order valence-electron chi connectivity index (χ3n) is 7.66. The molecule has 0 spiro atoms. The predicted octanol–water partition coefficient (Wildman–Crippen LogP) is 6.15. The van der Waals surface area contributed by atoms with Gasteiger partial charge in [0.15, 0.2) is 0 Å². The van der Waals surface area contributed by atoms with E-state index >= 15 is 0 Å². The number of amides is 2. The number of nitrogens with one attached hydrogen (secondary N) is 1. The van der Waals surface area contributed by atoms with E-state index in [-0.39, 0.29) is 18.2 Å². The highest BCUT2D eigenvalue weighted by molar-refractivity contribution is 5.88. The molecule has 6 heteroatoms. The molecule has 2 unspecified atom stereocenters. The maximum atomic E-state index is 14.0. The number of likely N-dealkylation sites (tertiary alicyclic amines) is 1. The molecule has 1 N–H and O–H groups in total. The molecular formula is C34H41N3O3. The zero-order chi connectivity index (χ0) is 28.4. The molecule has 4 rings (SSSR count). The second-order valence-corrected chi connectivity index (χ2v) is 10.6. The molecule has 1 aliphatic carbocycles. The molecule has 2 aromatic carbocycles. The van der Waals surface area contributed by atoms with Crippen molar-refractivity contribution < 1.29 is 14.3 Å². The maximum absolute atomic E-state index is 14.0. The highest BCUT2D eigenvalue weighted by Gasteiger charge is 2.43. The van der Waals surface area contributed by atoms with Crippen LogP contribution in [0.5, 0.6) is 0 Å². The Kier molecular flexibility index (Phi) is 10.1. The summed E-state index contributed by atoms with van der Waals surface area (Å²) in [7, 11) is 0. The standard InChI is InChI=1S/C34H41N3O3/c1-4-37(25-27(2)35-32(38)21-24-40-26-28-13-7-5-8-14-28)34(3,33(39)36-22-11-12-23-36)31-19-17-30(18-20-31)29-15-9-6-10-16-29/h4-10,13-15,17-20,25,29H,1,11-12,16,21-24,26H2,2-3H3,(H,35,38)/b27-25+. The lowest BCUT2D eigenvalue weighted by Gasteiger charge is -2.40. The first-order chi connectivity index (χ1) is 19.4. The van der Waals surface area contributed by atoms with Gasteiger partial charge in [-0.15, -0.1) is 0 Å². The summed E-state index contributed by atoms with van der Waals surface area (Å²) in [5, 5.41) is 2.94. The number of rotatable bonds is 12. The van der Waals surface area contributed by atoms with Crippen LogP contribution in [0.25, 0.3) is 0 Å². The summed E-state index contributed by atoms with van der Waals surface area (Å²) in [5.74, 6) is 0.226. The van der Waals surface area contributed by atoms with Crippen LogP contribution >= 0.6 is 0 Å². The van der Waals surface area contributed by atoms with Gasteiger partial charge in [-0.2, -0.15) is 0 Å². The Morgan fingerprint density at radius 3 is 2.48 bits per heavy atom. The number of benzene rings is 2. The van der Waals surface area contributed by atoms with Gasteiger partial charge in [-0.1, -0.05) is 85.5 Å². The van der Waals surface area contributed by atoms with Crippen molar-refractivity contribution in [3.05, 3.63) is 120 Å². The molecule has 0 aromatic heterocycles. The van der Waals surface area contributed by atoms with Crippen LogP contribution in [0.1, 0.15) is 62.1 Å². The number of carbonyl (C=O) groups is 2. The summed E-state index contributed by atoms with van der Waals surface area (Å²) in [6.07, 6.45) is 15.2. The minimum absolute atomic E-state index is 0.0304. The van der Waals surface area contributed by atoms with Gasteiger partial charge in [0, 0.05) is 30.9 Å². The Morgan fingerprint density at radius 1 is 1.10 bits per heavy atom. The highest BCUT2D eigenvalue weighted by Crippen LogP contribution is 2.35. The van der Waals surface area contributed by atoms with Crippen molar-refractivity contribution in [3.8, 4) is 0 Å². The molecule has 40 heavy (non-hydrogen) atoms. The summed E-state index contributed by atoms with van der Waals surface area (Å²) in [4.78, 5) is 30.4. The van der Waals surface area contributed by atoms with Gasteiger partial charge in [0.25, 0.3) is 5.91 Å². The predicted molar refractivity (Wildman–Crippen MR) is 160 cm³/mol. The van der Waals surface area contributed by atoms with E-state index in [9.17, 15) is 9.59 Å². The molecule has 2 atom stereocenters. The molecule has 0 bridgehead atoms. The van der Waals surface area contributed by atoms with Crippen LogP contribution in [0.2, 0.25) is 0 Å². The average molecular weight is 540 g/mol. The first-order valence-corrected chi connectivity index (χ1v) is 14.2. The van der Waals surface area contributed by atoms with Crippen LogP contribution in [-0.2, 0) is 26.5 Å². The van der Waals surface area contributed by atoms with E-state index in [0.717, 1.165) is 43.5 Å². The van der Waals surface area contributed by atoms with E-state index in [4.69, 9.17) is 4.74 Å². The van der Waals surface area contributed by atoms with Crippen LogP contribution in [0.3, 0.4) is 0 Å². The molecule has 1 fully saturated rings. The van der Waals surface area contributed by atoms with E-state index in [1.54, 1.807) is 12.4 Å². The van der Waals surface area contributed by atoms with Crippen LogP contribution in [0.4, 0.5) is 0 Å². The topological polar surface area (TPSA) is 61.9 Å². The fraction of sp³-hybridized carbons (Fsp3) is 0.353. The van der Waals surface area contributed by atoms with E-state index < -0.39 is 5.54 Å². The minimum atomic E-state index is -1.02. The Morgan fingerprint density at radius 2 is 1.82 bits per heavy atom. The van der Waals surface area contributed by atoms with Crippen molar-refractivity contribution in [2.24, 2.45) is 0 Å². The quantitative estimate of drug-likeness (QED) is 0.329. The van der Waals surface area contributed by atoms with Crippen LogP contribution < -0.4 is 5.32 Å². The van der Waals surface area contributed by atoms with Crippen LogP contribution in [0.15, 0.2) is 104 Å². The maximum Gasteiger partial charge on any atom is 0.253 e. The van der Waals surface area contributed by atoms with Crippen LogP contribution in [0, 0.1) is 0 Å². The molecule has 210 valence electrons. The van der Waals surface area contributed by atoms with E-state index in [0.29, 0.717) is 24.8 Å². The lowest BCUT2D eigenvalue weighted by Crippen LogP contribution is -2.51. The molecule has 6 nitrogen and oxygen atoms in total. The van der Waals surface area contributed by atoms with Crippen LogP contribution in [-0.4, -0.2) is 41.3 Å². The monoisotopic (exact) mass is 539 g/mol. The molecule has 1 saturated heterocycles. The van der Waals surface area contributed by atoms with Gasteiger partial charge >= 0.3 is 0 Å². The van der Waals surface area contributed by atoms with Crippen molar-refractivity contribution in [1.82, 2.24) is 15.1 Å². The number of carbonyl (C=O) groups excluding carboxylic acids is 2. The Bertz CT molecular complexity index is 1240. The number of hydrogen-bond acceptors (Lipinski definition) is 4. The molecule has 1 aliphatic heterocycles. The van der Waals surface area contributed by atoms with E-state index in [2.05, 4.69) is 60.5 Å². The second kappa shape index (κ2) is 13.9. The van der Waals surface area contributed by atoms with E-state index in [1.807, 2.05) is 54.0 Å². The van der Waals surface area contributed by atoms with Gasteiger partial charge in [0.05, 0.1) is 19.6 Å². The second-order valence-electron chi connectivity index (χ2n) is 10.6. The van der Waals surface area contributed by atoms with Gasteiger partial charge in [-0.3, -0.25) is 9.59 Å². The van der Waals surface area contributed by atoms with Gasteiger partial charge in [-0.25, -0.2) is 0 Å². The molecular weight excluding hydrogens is 498 g/mol. The average Bonchev–Trinajstić information content (AvgIpc) is 3.53. The number of hydrogen-bond donors (Lipinski definition) is 1. The lowest BCUT2D eigenvalue weighted by atomic mass is 9.85. The van der Waals surface area contributed by atoms with Crippen molar-refractivity contribution >= 4 is 11.8 Å². The summed E-state index contributed by atoms with van der Waals surface area (Å²) in [6, 6.07) is 18.2. The zero-order valence-electron chi connectivity index (χ0n) is 23.7. The summed E-state index contributed by atoms with van der Waals surface area (Å²) >= 11 is 0. The van der Waals surface area contributed by atoms with E-state index in [1.165, 1.54) is 5.56 Å². The van der Waals surface area contributed by atoms with Gasteiger partial charge in [0.1, 0.15) is 5.54 Å². The molecule has 0 radical (unpaired) electrons. The molecule has 2 aromatic rings. The first kappa shape index (κ1) is 29.1. The van der Waals surface area contributed by atoms with Crippen molar-refractivity contribution in [1.29, 1.82) is 0 Å². The first-order valence-electron chi connectivity index (χ1n) is 14.2. The number of ether oxygens (including phenoxy) is 1. The largest absolute Gasteiger partial charge is 0.376 e. The third-order valence-corrected chi connectivity index (χ3v) is 7.66. The van der Waals surface area contributed by atoms with Crippen molar-refractivity contribution in [2.45, 2.75) is 57.6 Å². The SMILES string of the molecule is C=CN(/C=C(\C)NC(=O)CCOCc1ccccc1)C(C)(C(=O)N1CCCC1)c1ccc(C2C=CC=CC2)cc1. The molecule has 2 amide bonds. The van der Waals surface area contributed by atoms with Gasteiger partial charge < -0.3 is 19.9 Å². The Balaban J connectivity index is 1.47. The normalized spacial score (nSPS) is 18.3. The molecule has 1 heterocycles. The highest BCUT2D eigenvalue weighted by atomic mass is 16.5. The number of allylic oxidation sites excluding steroid dienone is 5. The van der Waals surface area contributed by atoms with Gasteiger partial charge in [0.2, 0.25) is 5.91 Å². The Hall–Kier alpha value is -3.90. The summed E-state index contributed by atoms with van der Waals surface area (Å²) in [5.41, 5.74) is 2.79. The van der Waals surface area contributed by atoms with Gasteiger partial charge in [-0.05, 0) is 56.0 Å². The van der Waals surface area contributed by atoms with Crippen molar-refractivity contribution in [3.63, 3.8) is 0 Å². The number of nitrogens with zero attached hydrogens (tertiary/aromatic N) is 2. The fourth-order valence-corrected chi connectivity index (χ4v) is 5.31. The molecule has 0 saturated carbocycles. The summed E-state index contributed by atoms with van der Waals surface area (Å²) in [6.45, 7) is 10.1. The smallest absolute Gasteiger partial charge is 0.253 e. The lowest BCUT2D eigenvalue weighted by molar-refractivity contribution is -0.140. The zero-order valence-corrected chi connectivity index (χ0v) is 23.7. The third kappa shape index (κ3) is 7.19. The molecule has 2 aliphatic rings. The van der Waals surface area contributed by atoms with Crippen molar-refractivity contribution in [2.75, 3.05) is 19.7 Å². The minimum Gasteiger partial charge on any atom is -0.376 e. The fourth-order valence-electron chi connectivity index (χ4n) is 5.31. The Labute approximate surface area is 238 Å².